The molecule has 0 saturated carbocycles. The SMILES string of the molecule is N=C(N)/N=C(\[NH-])N.N=C(N)/N=C(\[NH-])N.O.O.[Cu+2]. The predicted octanol–water partition coefficient (Wildman–Crippen LogP) is -3.16. The van der Waals surface area contributed by atoms with E-state index in [1.165, 1.54) is 0 Å². The molecule has 0 aromatic rings. The van der Waals surface area contributed by atoms with Gasteiger partial charge in [0.2, 0.25) is 0 Å². The van der Waals surface area contributed by atoms with Crippen LogP contribution in [-0.2, 0) is 17.1 Å². The quantitative estimate of drug-likeness (QED) is 0.153. The van der Waals surface area contributed by atoms with Crippen LogP contribution in [0, 0.1) is 10.8 Å². The van der Waals surface area contributed by atoms with Gasteiger partial charge in [-0.1, -0.05) is 0 Å². The van der Waals surface area contributed by atoms with Crippen molar-refractivity contribution in [2.45, 2.75) is 0 Å². The first-order valence-electron chi connectivity index (χ1n) is 3.05. The molecule has 0 aliphatic rings. The Kier molecular flexibility index (Phi) is 28.3. The van der Waals surface area contributed by atoms with E-state index in [9.17, 15) is 0 Å². The Morgan fingerprint density at radius 2 is 0.941 bits per heavy atom. The molecule has 0 spiro atoms. The molecule has 0 aliphatic carbocycles. The molecule has 17 heavy (non-hydrogen) atoms. The average Bonchev–Trinajstić information content (AvgIpc) is 1.79. The van der Waals surface area contributed by atoms with Crippen LogP contribution in [0.1, 0.15) is 0 Å². The van der Waals surface area contributed by atoms with Crippen molar-refractivity contribution in [2.75, 3.05) is 0 Å². The van der Waals surface area contributed by atoms with Crippen molar-refractivity contribution in [3.8, 4) is 0 Å². The maximum absolute atomic E-state index is 6.42. The van der Waals surface area contributed by atoms with E-state index in [-0.39, 0.29) is 28.0 Å². The van der Waals surface area contributed by atoms with E-state index in [4.69, 9.17) is 22.3 Å². The van der Waals surface area contributed by atoms with Crippen LogP contribution in [-0.4, -0.2) is 34.8 Å². The standard InChI is InChI=1S/2C2H6N5.Cu.2H2O/c2*3-1(4)7-2(5)6;;;/h2*(H6-,3,4,5,6,7);;2*1H2/q2*-1;+2;;. The molecule has 0 saturated heterocycles. The van der Waals surface area contributed by atoms with E-state index >= 15 is 0 Å². The molecule has 0 aliphatic heterocycles. The van der Waals surface area contributed by atoms with E-state index in [1.807, 2.05) is 0 Å². The van der Waals surface area contributed by atoms with Crippen LogP contribution in [0.25, 0.3) is 11.5 Å². The summed E-state index contributed by atoms with van der Waals surface area (Å²) in [4.78, 5) is 6.00. The van der Waals surface area contributed by atoms with Gasteiger partial charge in [0.1, 0.15) is 11.9 Å². The van der Waals surface area contributed by atoms with Crippen LogP contribution in [0.4, 0.5) is 0 Å². The second kappa shape index (κ2) is 16.4. The Labute approximate surface area is 108 Å². The topological polar surface area (TPSA) is 287 Å². The molecular weight excluding hydrogens is 284 g/mol. The summed E-state index contributed by atoms with van der Waals surface area (Å²) < 4.78 is 0. The van der Waals surface area contributed by atoms with Crippen LogP contribution >= 0.6 is 0 Å². The summed E-state index contributed by atoms with van der Waals surface area (Å²) in [6.07, 6.45) is 0. The molecular formula is C4H16CuN10O2. The molecule has 0 unspecified atom stereocenters. The van der Waals surface area contributed by atoms with Gasteiger partial charge in [0.25, 0.3) is 0 Å². The minimum absolute atomic E-state index is 0. The number of nitrogens with two attached hydrogens (primary N) is 4. The molecule has 0 rings (SSSR count). The number of hydrogen-bond donors (Lipinski definition) is 6. The van der Waals surface area contributed by atoms with Gasteiger partial charge in [-0.3, -0.25) is 10.8 Å². The molecule has 0 fully saturated rings. The fourth-order valence-corrected chi connectivity index (χ4v) is 0.260. The molecule has 0 bridgehead atoms. The fourth-order valence-electron chi connectivity index (χ4n) is 0.260. The molecule has 12 nitrogen and oxygen atoms in total. The zero-order valence-electron chi connectivity index (χ0n) is 8.51. The van der Waals surface area contributed by atoms with Gasteiger partial charge in [-0.25, -0.2) is 0 Å². The zero-order valence-corrected chi connectivity index (χ0v) is 9.45. The third-order valence-electron chi connectivity index (χ3n) is 0.482. The Hall–Kier alpha value is -2.08. The average molecular weight is 300 g/mol. The van der Waals surface area contributed by atoms with E-state index in [0.717, 1.165) is 0 Å². The first kappa shape index (κ1) is 29.4. The number of guanidine groups is 4. The summed E-state index contributed by atoms with van der Waals surface area (Å²) in [5, 5.41) is 12.8. The second-order valence-corrected chi connectivity index (χ2v) is 1.76. The van der Waals surface area contributed by atoms with E-state index in [2.05, 4.69) is 32.9 Å². The summed E-state index contributed by atoms with van der Waals surface area (Å²) >= 11 is 0. The summed E-state index contributed by atoms with van der Waals surface area (Å²) in [7, 11) is 0. The minimum atomic E-state index is -0.437. The largest absolute Gasteiger partial charge is 2.00 e. The maximum Gasteiger partial charge on any atom is 2.00 e. The number of aliphatic imine (C=N–C) groups is 2. The van der Waals surface area contributed by atoms with Gasteiger partial charge in [-0.05, 0) is 0 Å². The minimum Gasteiger partial charge on any atom is -0.454 e. The summed E-state index contributed by atoms with van der Waals surface area (Å²) in [6.45, 7) is 0. The predicted molar refractivity (Wildman–Crippen MR) is 62.9 cm³/mol. The first-order valence-corrected chi connectivity index (χ1v) is 3.05. The van der Waals surface area contributed by atoms with Crippen molar-refractivity contribution in [3.63, 3.8) is 0 Å². The molecule has 0 atom stereocenters. The Morgan fingerprint density at radius 1 is 0.765 bits per heavy atom. The monoisotopic (exact) mass is 299 g/mol. The van der Waals surface area contributed by atoms with Gasteiger partial charge in [0, 0.05) is 11.9 Å². The number of nitrogens with zero attached hydrogens (tertiary/aromatic N) is 2. The summed E-state index contributed by atoms with van der Waals surface area (Å²) in [6, 6.07) is 0. The number of hydrogen-bond acceptors (Lipinski definition) is 2. The third kappa shape index (κ3) is 56.4. The van der Waals surface area contributed by atoms with Crippen LogP contribution in [0.2, 0.25) is 0 Å². The zero-order chi connectivity index (χ0) is 11.7. The normalized spacial score (nSPS) is 9.18. The molecule has 13 heteroatoms. The maximum atomic E-state index is 6.42. The van der Waals surface area contributed by atoms with Gasteiger partial charge >= 0.3 is 17.1 Å². The van der Waals surface area contributed by atoms with Gasteiger partial charge < -0.3 is 55.3 Å². The molecule has 16 N–H and O–H groups in total. The summed E-state index contributed by atoms with van der Waals surface area (Å²) in [5.41, 5.74) is 31.6. The third-order valence-corrected chi connectivity index (χ3v) is 0.482. The van der Waals surface area contributed by atoms with Crippen LogP contribution in [0.3, 0.4) is 0 Å². The molecule has 0 heterocycles. The Bertz CT molecular complexity index is 239. The molecule has 0 aromatic carbocycles. The van der Waals surface area contributed by atoms with Gasteiger partial charge in [-0.2, -0.15) is 0 Å². The molecule has 1 radical (unpaired) electrons. The van der Waals surface area contributed by atoms with Crippen molar-refractivity contribution < 1.29 is 28.0 Å². The fraction of sp³-hybridized carbons (Fsp3) is 0. The Balaban J connectivity index is -0.0000000480. The smallest absolute Gasteiger partial charge is 0.454 e. The van der Waals surface area contributed by atoms with E-state index in [1.54, 1.807) is 0 Å². The number of rotatable bonds is 0. The Morgan fingerprint density at radius 3 is 0.941 bits per heavy atom. The van der Waals surface area contributed by atoms with Gasteiger partial charge in [0.15, 0.2) is 0 Å². The molecule has 0 aromatic heterocycles. The van der Waals surface area contributed by atoms with Gasteiger partial charge in [-0.15, -0.1) is 0 Å². The van der Waals surface area contributed by atoms with Gasteiger partial charge in [0.05, 0.1) is 0 Å². The van der Waals surface area contributed by atoms with Crippen molar-refractivity contribution in [1.82, 2.24) is 0 Å². The van der Waals surface area contributed by atoms with Crippen LogP contribution in [0.15, 0.2) is 9.98 Å². The second-order valence-electron chi connectivity index (χ2n) is 1.76. The van der Waals surface area contributed by atoms with Crippen molar-refractivity contribution in [3.05, 3.63) is 11.5 Å². The van der Waals surface area contributed by atoms with E-state index < -0.39 is 23.8 Å². The van der Waals surface area contributed by atoms with E-state index in [0.29, 0.717) is 0 Å². The van der Waals surface area contributed by atoms with Crippen LogP contribution < -0.4 is 22.9 Å². The van der Waals surface area contributed by atoms with Crippen LogP contribution in [0.5, 0.6) is 0 Å². The molecule has 105 valence electrons. The number of nitrogens with one attached hydrogen (secondary N) is 4. The van der Waals surface area contributed by atoms with Crippen molar-refractivity contribution >= 4 is 23.8 Å². The van der Waals surface area contributed by atoms with Crippen molar-refractivity contribution in [2.24, 2.45) is 32.9 Å². The first-order chi connectivity index (χ1) is 6.25. The molecule has 0 amide bonds. The summed E-state index contributed by atoms with van der Waals surface area (Å²) in [5.74, 6) is -1.75. The van der Waals surface area contributed by atoms with Crippen molar-refractivity contribution in [1.29, 1.82) is 10.8 Å².